The van der Waals surface area contributed by atoms with E-state index in [1.165, 1.54) is 47.5 Å². The van der Waals surface area contributed by atoms with Crippen LogP contribution in [0.1, 0.15) is 25.7 Å². The second-order valence-electron chi connectivity index (χ2n) is 7.16. The van der Waals surface area contributed by atoms with Crippen molar-refractivity contribution in [3.05, 3.63) is 62.6 Å². The molecule has 0 spiro atoms. The van der Waals surface area contributed by atoms with Gasteiger partial charge in [-0.25, -0.2) is 4.98 Å². The lowest BCUT2D eigenvalue weighted by Gasteiger charge is -2.22. The summed E-state index contributed by atoms with van der Waals surface area (Å²) >= 11 is 13.5. The van der Waals surface area contributed by atoms with Crippen LogP contribution < -0.4 is 14.4 Å². The number of carbonyl (C=O) groups is 2. The van der Waals surface area contributed by atoms with Gasteiger partial charge < -0.3 is 19.5 Å². The van der Waals surface area contributed by atoms with Gasteiger partial charge in [-0.2, -0.15) is 0 Å². The van der Waals surface area contributed by atoms with Gasteiger partial charge in [0, 0.05) is 29.6 Å². The topological polar surface area (TPSA) is 92.2 Å². The van der Waals surface area contributed by atoms with Crippen molar-refractivity contribution in [3.8, 4) is 11.5 Å². The van der Waals surface area contributed by atoms with Crippen LogP contribution in [0.4, 0.5) is 10.8 Å². The smallest absolute Gasteiger partial charge is 0.273 e. The van der Waals surface area contributed by atoms with Crippen LogP contribution in [-0.4, -0.2) is 61.2 Å². The number of anilines is 2. The third-order valence-electron chi connectivity index (χ3n) is 4.95. The number of aliphatic hydroxyl groups is 1. The number of aromatic nitrogens is 1. The maximum absolute atomic E-state index is 13.7. The normalized spacial score (nSPS) is 10.7. The summed E-state index contributed by atoms with van der Waals surface area (Å²) in [6.07, 6.45) is 0. The summed E-state index contributed by atoms with van der Waals surface area (Å²) in [5.41, 5.74) is 0.834. The van der Waals surface area contributed by atoms with E-state index < -0.39 is 5.91 Å². The summed E-state index contributed by atoms with van der Waals surface area (Å²) in [5, 5.41) is 10.0. The van der Waals surface area contributed by atoms with E-state index in [1.807, 2.05) is 0 Å². The maximum Gasteiger partial charge on any atom is 0.273 e. The average molecular weight is 524 g/mol. The number of nitrogens with zero attached hydrogens (tertiary/aromatic N) is 3. The van der Waals surface area contributed by atoms with Crippen LogP contribution >= 0.6 is 34.5 Å². The summed E-state index contributed by atoms with van der Waals surface area (Å²) in [6, 6.07) is 9.56. The predicted octanol–water partition coefficient (Wildman–Crippen LogP) is 4.82. The highest BCUT2D eigenvalue weighted by Crippen LogP contribution is 2.38. The molecule has 3 rings (SSSR count). The summed E-state index contributed by atoms with van der Waals surface area (Å²) < 4.78 is 10.7. The summed E-state index contributed by atoms with van der Waals surface area (Å²) in [5.74, 6) is 0.0656. The third-order valence-corrected chi connectivity index (χ3v) is 6.46. The van der Waals surface area contributed by atoms with Crippen molar-refractivity contribution in [2.24, 2.45) is 0 Å². The highest BCUT2D eigenvalue weighted by Gasteiger charge is 2.28. The number of thiazole rings is 1. The molecule has 2 aromatic carbocycles. The molecule has 0 atom stereocenters. The number of hydrogen-bond acceptors (Lipinski definition) is 7. The Morgan fingerprint density at radius 3 is 2.38 bits per heavy atom. The first-order valence-electron chi connectivity index (χ1n) is 10.1. The van der Waals surface area contributed by atoms with Gasteiger partial charge in [-0.3, -0.25) is 14.5 Å². The molecular weight excluding hydrogens is 501 g/mol. The second kappa shape index (κ2) is 11.1. The molecule has 1 heterocycles. The van der Waals surface area contributed by atoms with Crippen LogP contribution in [0.5, 0.6) is 11.5 Å². The molecular formula is C23H23Cl2N3O5S. The van der Waals surface area contributed by atoms with E-state index in [4.69, 9.17) is 32.7 Å². The molecule has 0 bridgehead atoms. The lowest BCUT2D eigenvalue weighted by Crippen LogP contribution is -2.30. The lowest BCUT2D eigenvalue weighted by atomic mass is 10.1. The predicted molar refractivity (Wildman–Crippen MR) is 133 cm³/mol. The second-order valence-corrected chi connectivity index (χ2v) is 9.18. The number of carbonyl (C=O) groups excluding carboxylic acids is 2. The lowest BCUT2D eigenvalue weighted by molar-refractivity contribution is 0.0761. The van der Waals surface area contributed by atoms with E-state index >= 15 is 0 Å². The minimum absolute atomic E-state index is 0.157. The molecule has 1 aromatic heterocycles. The Hall–Kier alpha value is -2.85. The minimum Gasteiger partial charge on any atom is -0.493 e. The molecule has 0 radical (unpaired) electrons. The summed E-state index contributed by atoms with van der Waals surface area (Å²) in [4.78, 5) is 34.4. The zero-order valence-corrected chi connectivity index (χ0v) is 21.3. The van der Waals surface area contributed by atoms with Crippen molar-refractivity contribution in [2.45, 2.75) is 6.92 Å². The van der Waals surface area contributed by atoms with E-state index in [0.717, 1.165) is 0 Å². The Bertz CT molecular complexity index is 1220. The van der Waals surface area contributed by atoms with Gasteiger partial charge in [-0.15, -0.1) is 11.3 Å². The van der Waals surface area contributed by atoms with Crippen molar-refractivity contribution >= 4 is 57.2 Å². The van der Waals surface area contributed by atoms with E-state index in [-0.39, 0.29) is 40.5 Å². The molecule has 3 aromatic rings. The van der Waals surface area contributed by atoms with E-state index in [1.54, 1.807) is 38.2 Å². The molecule has 34 heavy (non-hydrogen) atoms. The van der Waals surface area contributed by atoms with Crippen LogP contribution in [0.25, 0.3) is 0 Å². The number of likely N-dealkylation sites (N-methyl/N-ethyl adjacent to an activating group) is 1. The number of methoxy groups -OCH3 is 2. The highest BCUT2D eigenvalue weighted by molar-refractivity contribution is 7.16. The van der Waals surface area contributed by atoms with Crippen molar-refractivity contribution < 1.29 is 24.2 Å². The monoisotopic (exact) mass is 523 g/mol. The highest BCUT2D eigenvalue weighted by atomic mass is 35.5. The zero-order chi connectivity index (χ0) is 25.0. The quantitative estimate of drug-likeness (QED) is 0.455. The Labute approximate surface area is 211 Å². The largest absolute Gasteiger partial charge is 0.493 e. The van der Waals surface area contributed by atoms with Crippen LogP contribution in [0.15, 0.2) is 36.4 Å². The van der Waals surface area contributed by atoms with Crippen LogP contribution in [0.2, 0.25) is 10.0 Å². The van der Waals surface area contributed by atoms with Gasteiger partial charge in [-0.1, -0.05) is 23.2 Å². The van der Waals surface area contributed by atoms with Gasteiger partial charge >= 0.3 is 0 Å². The fraction of sp³-hybridized carbons (Fsp3) is 0.261. The Balaban J connectivity index is 2.16. The number of rotatable bonds is 8. The van der Waals surface area contributed by atoms with Crippen molar-refractivity contribution in [1.82, 2.24) is 9.88 Å². The SMILES string of the molecule is COc1ccc(N(C(=O)c2ccc(Cl)cc2Cl)c2nc(C(=O)N(C)CCO)c(C)s2)cc1OC. The molecule has 0 saturated carbocycles. The minimum atomic E-state index is -0.467. The molecule has 0 aliphatic heterocycles. The molecule has 0 aliphatic rings. The van der Waals surface area contributed by atoms with Gasteiger partial charge in [0.2, 0.25) is 0 Å². The van der Waals surface area contributed by atoms with Crippen molar-refractivity contribution in [2.75, 3.05) is 39.3 Å². The van der Waals surface area contributed by atoms with Gasteiger partial charge in [0.05, 0.1) is 37.1 Å². The molecule has 2 amide bonds. The number of aryl methyl sites for hydroxylation is 1. The molecule has 0 saturated heterocycles. The molecule has 11 heteroatoms. The zero-order valence-electron chi connectivity index (χ0n) is 19.0. The van der Waals surface area contributed by atoms with Crippen molar-refractivity contribution in [1.29, 1.82) is 0 Å². The standard InChI is InChI=1S/C23H23Cl2N3O5S/c1-13-20(22(31)27(2)9-10-29)26-23(34-13)28(15-6-8-18(32-3)19(12-15)33-4)21(30)16-7-5-14(24)11-17(16)25/h5-8,11-12,29H,9-10H2,1-4H3. The number of benzene rings is 2. The molecule has 0 unspecified atom stereocenters. The number of hydrogen-bond donors (Lipinski definition) is 1. The molecule has 0 fully saturated rings. The summed E-state index contributed by atoms with van der Waals surface area (Å²) in [7, 11) is 4.58. The van der Waals surface area contributed by atoms with E-state index in [0.29, 0.717) is 27.1 Å². The van der Waals surface area contributed by atoms with Gasteiger partial charge in [0.15, 0.2) is 16.6 Å². The average Bonchev–Trinajstić information content (AvgIpc) is 3.19. The van der Waals surface area contributed by atoms with E-state index in [9.17, 15) is 14.7 Å². The van der Waals surface area contributed by atoms with Crippen LogP contribution in [0.3, 0.4) is 0 Å². The van der Waals surface area contributed by atoms with Crippen LogP contribution in [-0.2, 0) is 0 Å². The van der Waals surface area contributed by atoms with Crippen LogP contribution in [0, 0.1) is 6.92 Å². The molecule has 0 aliphatic carbocycles. The Morgan fingerprint density at radius 2 is 1.76 bits per heavy atom. The number of amides is 2. The molecule has 8 nitrogen and oxygen atoms in total. The first-order valence-corrected chi connectivity index (χ1v) is 11.6. The Morgan fingerprint density at radius 1 is 1.06 bits per heavy atom. The molecule has 180 valence electrons. The number of aliphatic hydroxyl groups excluding tert-OH is 1. The van der Waals surface area contributed by atoms with Gasteiger partial charge in [0.25, 0.3) is 11.8 Å². The van der Waals surface area contributed by atoms with Gasteiger partial charge in [0.1, 0.15) is 5.69 Å². The first kappa shape index (κ1) is 25.8. The number of halogens is 2. The van der Waals surface area contributed by atoms with Gasteiger partial charge in [-0.05, 0) is 37.3 Å². The first-order chi connectivity index (χ1) is 16.2. The maximum atomic E-state index is 13.7. The Kier molecular flexibility index (Phi) is 8.37. The van der Waals surface area contributed by atoms with E-state index in [2.05, 4.69) is 4.98 Å². The number of ether oxygens (including phenoxy) is 2. The summed E-state index contributed by atoms with van der Waals surface area (Å²) in [6.45, 7) is 1.72. The van der Waals surface area contributed by atoms with Crippen molar-refractivity contribution in [3.63, 3.8) is 0 Å². The fourth-order valence-corrected chi connectivity index (χ4v) is 4.58. The molecule has 1 N–H and O–H groups in total. The fourth-order valence-electron chi connectivity index (χ4n) is 3.17. The third kappa shape index (κ3) is 5.28.